The van der Waals surface area contributed by atoms with Crippen LogP contribution in [0.15, 0.2) is 48.5 Å². The van der Waals surface area contributed by atoms with Gasteiger partial charge in [0.1, 0.15) is 0 Å². The Bertz CT molecular complexity index is 892. The quantitative estimate of drug-likeness (QED) is 0.854. The van der Waals surface area contributed by atoms with Gasteiger partial charge in [0.15, 0.2) is 0 Å². The van der Waals surface area contributed by atoms with Crippen molar-refractivity contribution in [2.75, 3.05) is 24.7 Å². The van der Waals surface area contributed by atoms with Crippen LogP contribution >= 0.6 is 0 Å². The minimum absolute atomic E-state index is 0.0121. The number of anilines is 2. The highest BCUT2D eigenvalue weighted by Crippen LogP contribution is 2.38. The highest BCUT2D eigenvalue weighted by atomic mass is 16.2. The zero-order chi connectivity index (χ0) is 19.6. The van der Waals surface area contributed by atoms with E-state index in [9.17, 15) is 14.4 Å². The molecule has 0 bridgehead atoms. The van der Waals surface area contributed by atoms with Gasteiger partial charge in [0.2, 0.25) is 5.91 Å². The van der Waals surface area contributed by atoms with Crippen LogP contribution < -0.4 is 10.6 Å². The van der Waals surface area contributed by atoms with Crippen molar-refractivity contribution in [3.8, 4) is 0 Å². The number of nitrogens with zero attached hydrogens (tertiary/aromatic N) is 1. The summed E-state index contributed by atoms with van der Waals surface area (Å²) in [5.74, 6) is -0.0639. The predicted octanol–water partition coefficient (Wildman–Crippen LogP) is 3.24. The van der Waals surface area contributed by atoms with Crippen molar-refractivity contribution in [2.24, 2.45) is 11.8 Å². The topological polar surface area (TPSA) is 78.5 Å². The molecule has 2 aromatic rings. The molecule has 140 valence electrons. The molecule has 0 heterocycles. The third-order valence-corrected chi connectivity index (χ3v) is 4.65. The molecule has 6 heteroatoms. The molecule has 2 atom stereocenters. The van der Waals surface area contributed by atoms with Crippen molar-refractivity contribution in [1.29, 1.82) is 0 Å². The number of hydrogen-bond donors (Lipinski definition) is 2. The lowest BCUT2D eigenvalue weighted by Gasteiger charge is -2.15. The zero-order valence-electron chi connectivity index (χ0n) is 15.7. The summed E-state index contributed by atoms with van der Waals surface area (Å²) in [6.45, 7) is 2.04. The van der Waals surface area contributed by atoms with E-state index in [2.05, 4.69) is 10.6 Å². The van der Waals surface area contributed by atoms with E-state index in [1.807, 2.05) is 6.92 Å². The van der Waals surface area contributed by atoms with Gasteiger partial charge in [0, 0.05) is 31.3 Å². The van der Waals surface area contributed by atoms with Crippen molar-refractivity contribution in [2.45, 2.75) is 13.3 Å². The molecule has 0 unspecified atom stereocenters. The molecule has 1 aliphatic carbocycles. The van der Waals surface area contributed by atoms with Crippen LogP contribution in [0.25, 0.3) is 0 Å². The fourth-order valence-electron chi connectivity index (χ4n) is 2.87. The molecular formula is C21H23N3O3. The first-order valence-corrected chi connectivity index (χ1v) is 8.89. The Hall–Kier alpha value is -3.15. The minimum atomic E-state index is -0.343. The Labute approximate surface area is 158 Å². The van der Waals surface area contributed by atoms with Crippen molar-refractivity contribution < 1.29 is 14.4 Å². The lowest BCUT2D eigenvalue weighted by molar-refractivity contribution is -0.117. The molecular weight excluding hydrogens is 342 g/mol. The average molecular weight is 365 g/mol. The number of rotatable bonds is 5. The molecule has 3 rings (SSSR count). The fourth-order valence-corrected chi connectivity index (χ4v) is 2.87. The van der Waals surface area contributed by atoms with Gasteiger partial charge in [-0.05, 0) is 42.7 Å². The van der Waals surface area contributed by atoms with Crippen LogP contribution in [0.3, 0.4) is 0 Å². The number of benzene rings is 2. The van der Waals surface area contributed by atoms with Crippen LogP contribution in [0.2, 0.25) is 0 Å². The average Bonchev–Trinajstić information content (AvgIpc) is 3.38. The van der Waals surface area contributed by atoms with Crippen LogP contribution in [0.4, 0.5) is 11.4 Å². The van der Waals surface area contributed by atoms with E-state index in [4.69, 9.17) is 0 Å². The summed E-state index contributed by atoms with van der Waals surface area (Å²) >= 11 is 0. The number of carbonyl (C=O) groups is 3. The van der Waals surface area contributed by atoms with E-state index < -0.39 is 0 Å². The highest BCUT2D eigenvalue weighted by Gasteiger charge is 2.39. The van der Waals surface area contributed by atoms with Gasteiger partial charge in [-0.25, -0.2) is 0 Å². The first-order valence-electron chi connectivity index (χ1n) is 8.89. The van der Waals surface area contributed by atoms with Gasteiger partial charge < -0.3 is 15.5 Å². The van der Waals surface area contributed by atoms with E-state index in [-0.39, 0.29) is 23.6 Å². The van der Waals surface area contributed by atoms with Crippen LogP contribution in [0.5, 0.6) is 0 Å². The van der Waals surface area contributed by atoms with E-state index in [0.717, 1.165) is 6.42 Å². The monoisotopic (exact) mass is 365 g/mol. The van der Waals surface area contributed by atoms with Crippen molar-refractivity contribution in [3.05, 3.63) is 59.7 Å². The maximum Gasteiger partial charge on any atom is 0.255 e. The van der Waals surface area contributed by atoms with Gasteiger partial charge in [-0.2, -0.15) is 0 Å². The van der Waals surface area contributed by atoms with Gasteiger partial charge in [0.05, 0.1) is 11.3 Å². The van der Waals surface area contributed by atoms with Gasteiger partial charge in [0.25, 0.3) is 11.8 Å². The molecule has 1 aliphatic rings. The van der Waals surface area contributed by atoms with Gasteiger partial charge in [-0.3, -0.25) is 14.4 Å². The Morgan fingerprint density at radius 1 is 1.00 bits per heavy atom. The summed E-state index contributed by atoms with van der Waals surface area (Å²) < 4.78 is 0. The van der Waals surface area contributed by atoms with E-state index in [1.54, 1.807) is 62.6 Å². The fraction of sp³-hybridized carbons (Fsp3) is 0.286. The van der Waals surface area contributed by atoms with Crippen molar-refractivity contribution >= 4 is 29.1 Å². The van der Waals surface area contributed by atoms with Crippen LogP contribution in [-0.2, 0) is 4.79 Å². The van der Waals surface area contributed by atoms with Crippen molar-refractivity contribution in [3.63, 3.8) is 0 Å². The number of hydrogen-bond acceptors (Lipinski definition) is 3. The third-order valence-electron chi connectivity index (χ3n) is 4.65. The summed E-state index contributed by atoms with van der Waals surface area (Å²) in [5.41, 5.74) is 1.86. The Kier molecular flexibility index (Phi) is 5.26. The maximum absolute atomic E-state index is 12.6. The molecule has 1 fully saturated rings. The molecule has 0 aliphatic heterocycles. The van der Waals surface area contributed by atoms with Crippen molar-refractivity contribution in [1.82, 2.24) is 4.90 Å². The molecule has 0 spiro atoms. The van der Waals surface area contributed by atoms with E-state index in [1.165, 1.54) is 4.90 Å². The van der Waals surface area contributed by atoms with Crippen LogP contribution in [0.1, 0.15) is 34.1 Å². The normalized spacial score (nSPS) is 17.7. The summed E-state index contributed by atoms with van der Waals surface area (Å²) in [5, 5.41) is 5.64. The molecule has 0 aromatic heterocycles. The SMILES string of the molecule is C[C@H]1C[C@@H]1C(=O)Nc1cccc(C(=O)Nc2ccccc2C(=O)N(C)C)c1. The number of amides is 3. The summed E-state index contributed by atoms with van der Waals surface area (Å²) in [6, 6.07) is 13.7. The number of para-hydroxylation sites is 1. The first kappa shape index (κ1) is 18.6. The number of carbonyl (C=O) groups excluding carboxylic acids is 3. The van der Waals surface area contributed by atoms with Gasteiger partial charge >= 0.3 is 0 Å². The zero-order valence-corrected chi connectivity index (χ0v) is 15.7. The van der Waals surface area contributed by atoms with Gasteiger partial charge in [-0.15, -0.1) is 0 Å². The second-order valence-corrected chi connectivity index (χ2v) is 7.09. The van der Waals surface area contributed by atoms with Crippen LogP contribution in [-0.4, -0.2) is 36.7 Å². The molecule has 27 heavy (non-hydrogen) atoms. The summed E-state index contributed by atoms with van der Waals surface area (Å²) in [6.07, 6.45) is 0.905. The lowest BCUT2D eigenvalue weighted by Crippen LogP contribution is -2.24. The van der Waals surface area contributed by atoms with Crippen LogP contribution in [0, 0.1) is 11.8 Å². The molecule has 2 aromatic carbocycles. The summed E-state index contributed by atoms with van der Waals surface area (Å²) in [4.78, 5) is 38.5. The van der Waals surface area contributed by atoms with Gasteiger partial charge in [-0.1, -0.05) is 25.1 Å². The molecule has 0 radical (unpaired) electrons. The largest absolute Gasteiger partial charge is 0.345 e. The first-order chi connectivity index (χ1) is 12.9. The maximum atomic E-state index is 12.6. The second kappa shape index (κ2) is 7.61. The van der Waals surface area contributed by atoms with E-state index in [0.29, 0.717) is 28.4 Å². The third kappa shape index (κ3) is 4.34. The summed E-state index contributed by atoms with van der Waals surface area (Å²) in [7, 11) is 3.32. The predicted molar refractivity (Wildman–Crippen MR) is 105 cm³/mol. The van der Waals surface area contributed by atoms with E-state index >= 15 is 0 Å². The standard InChI is InChI=1S/C21H23N3O3/c1-13-11-17(13)20(26)22-15-8-6-7-14(12-15)19(25)23-18-10-5-4-9-16(18)21(27)24(2)3/h4-10,12-13,17H,11H2,1-3H3,(H,22,26)(H,23,25)/t13-,17-/m0/s1. The lowest BCUT2D eigenvalue weighted by atomic mass is 10.1. The highest BCUT2D eigenvalue weighted by molar-refractivity contribution is 6.09. The Balaban J connectivity index is 1.74. The smallest absolute Gasteiger partial charge is 0.255 e. The Morgan fingerprint density at radius 2 is 1.70 bits per heavy atom. The minimum Gasteiger partial charge on any atom is -0.345 e. The molecule has 3 amide bonds. The molecule has 0 saturated heterocycles. The molecule has 6 nitrogen and oxygen atoms in total. The molecule has 2 N–H and O–H groups in total. The second-order valence-electron chi connectivity index (χ2n) is 7.09. The Morgan fingerprint density at radius 3 is 2.37 bits per heavy atom. The molecule has 1 saturated carbocycles. The number of nitrogens with one attached hydrogen (secondary N) is 2.